The smallest absolute Gasteiger partial charge is 0.329 e. The maximum atomic E-state index is 11.9. The molecule has 4 amide bonds. The molecule has 0 atom stereocenters. The number of imide groups is 1. The van der Waals surface area contributed by atoms with E-state index >= 15 is 0 Å². The van der Waals surface area contributed by atoms with Crippen LogP contribution in [0.15, 0.2) is 41.0 Å². The predicted molar refractivity (Wildman–Crippen MR) is 107 cm³/mol. The molecule has 0 saturated heterocycles. The largest absolute Gasteiger partial charge is 0.366 e. The molecule has 1 aliphatic heterocycles. The van der Waals surface area contributed by atoms with Gasteiger partial charge in [-0.3, -0.25) is 19.8 Å². The Hall–Kier alpha value is -3.40. The maximum absolute atomic E-state index is 11.9. The van der Waals surface area contributed by atoms with Crippen LogP contribution in [0.1, 0.15) is 48.5 Å². The summed E-state index contributed by atoms with van der Waals surface area (Å²) >= 11 is 0. The first kappa shape index (κ1) is 20.9. The number of nitrogens with two attached hydrogens (primary N) is 1. The molecule has 1 aliphatic rings. The average Bonchev–Trinajstić information content (AvgIpc) is 2.67. The molecule has 0 bridgehead atoms. The van der Waals surface area contributed by atoms with Gasteiger partial charge in [-0.05, 0) is 49.0 Å². The van der Waals surface area contributed by atoms with Gasteiger partial charge >= 0.3 is 6.03 Å². The number of hydrogen-bond donors (Lipinski definition) is 2. The molecule has 0 saturated carbocycles. The van der Waals surface area contributed by atoms with E-state index in [1.807, 2.05) is 18.2 Å². The van der Waals surface area contributed by atoms with Crippen molar-refractivity contribution in [3.63, 3.8) is 0 Å². The third-order valence-electron chi connectivity index (χ3n) is 4.15. The van der Waals surface area contributed by atoms with Gasteiger partial charge in [0.05, 0.1) is 0 Å². The fourth-order valence-electron chi connectivity index (χ4n) is 2.62. The number of primary amides is 1. The number of urea groups is 1. The zero-order valence-corrected chi connectivity index (χ0v) is 16.1. The Morgan fingerprint density at radius 3 is 2.61 bits per heavy atom. The second kappa shape index (κ2) is 10.1. The number of amidine groups is 1. The third-order valence-corrected chi connectivity index (χ3v) is 4.15. The Morgan fingerprint density at radius 1 is 1.25 bits per heavy atom. The molecule has 0 aliphatic carbocycles. The number of unbranched alkanes of at least 4 members (excludes halogenated alkanes) is 1. The molecule has 0 spiro atoms. The fourth-order valence-corrected chi connectivity index (χ4v) is 2.62. The van der Waals surface area contributed by atoms with Crippen molar-refractivity contribution in [2.24, 2.45) is 10.7 Å². The number of aryl methyl sites for hydroxylation is 1. The Labute approximate surface area is 164 Å². The van der Waals surface area contributed by atoms with E-state index in [1.54, 1.807) is 19.2 Å². The topological polar surface area (TPSA) is 105 Å². The normalized spacial score (nSPS) is 12.8. The van der Waals surface area contributed by atoms with Crippen LogP contribution in [0.5, 0.6) is 0 Å². The summed E-state index contributed by atoms with van der Waals surface area (Å²) in [5.74, 6) is 5.88. The van der Waals surface area contributed by atoms with Gasteiger partial charge in [0, 0.05) is 32.4 Å². The SMILES string of the molecule is CC(=O)NC(=O)N(C)C1=NC(C#CCCCc2ccc(C(N)=O)cc2)=CCC1. The molecule has 0 aromatic heterocycles. The van der Waals surface area contributed by atoms with Gasteiger partial charge in [0.15, 0.2) is 0 Å². The number of aliphatic imine (C=N–C) groups is 1. The van der Waals surface area contributed by atoms with Crippen molar-refractivity contribution in [3.8, 4) is 11.8 Å². The summed E-state index contributed by atoms with van der Waals surface area (Å²) in [6.07, 6.45) is 5.75. The first-order valence-corrected chi connectivity index (χ1v) is 9.07. The number of carbonyl (C=O) groups excluding carboxylic acids is 3. The first-order valence-electron chi connectivity index (χ1n) is 9.07. The van der Waals surface area contributed by atoms with E-state index in [0.717, 1.165) is 24.8 Å². The van der Waals surface area contributed by atoms with Gasteiger partial charge in [0.2, 0.25) is 11.8 Å². The van der Waals surface area contributed by atoms with Crippen LogP contribution in [0.25, 0.3) is 0 Å². The molecule has 1 aromatic carbocycles. The number of amides is 4. The number of carbonyl (C=O) groups is 3. The van der Waals surface area contributed by atoms with Crippen molar-refractivity contribution >= 4 is 23.7 Å². The van der Waals surface area contributed by atoms with E-state index in [9.17, 15) is 14.4 Å². The Balaban J connectivity index is 1.85. The van der Waals surface area contributed by atoms with Crippen molar-refractivity contribution in [1.82, 2.24) is 10.2 Å². The van der Waals surface area contributed by atoms with Gasteiger partial charge < -0.3 is 5.73 Å². The monoisotopic (exact) mass is 380 g/mol. The molecule has 7 heteroatoms. The summed E-state index contributed by atoms with van der Waals surface area (Å²) in [6.45, 7) is 1.29. The molecule has 28 heavy (non-hydrogen) atoms. The minimum absolute atomic E-state index is 0.409. The summed E-state index contributed by atoms with van der Waals surface area (Å²) in [6, 6.07) is 6.75. The highest BCUT2D eigenvalue weighted by Gasteiger charge is 2.17. The number of benzene rings is 1. The minimum Gasteiger partial charge on any atom is -0.366 e. The summed E-state index contributed by atoms with van der Waals surface area (Å²) in [4.78, 5) is 39.7. The molecule has 1 heterocycles. The van der Waals surface area contributed by atoms with Crippen LogP contribution in [0, 0.1) is 11.8 Å². The van der Waals surface area contributed by atoms with Gasteiger partial charge in [-0.1, -0.05) is 18.1 Å². The van der Waals surface area contributed by atoms with E-state index in [4.69, 9.17) is 5.73 Å². The van der Waals surface area contributed by atoms with Crippen LogP contribution in [0.2, 0.25) is 0 Å². The average molecular weight is 380 g/mol. The number of rotatable bonds is 4. The lowest BCUT2D eigenvalue weighted by Crippen LogP contribution is -2.43. The lowest BCUT2D eigenvalue weighted by molar-refractivity contribution is -0.118. The van der Waals surface area contributed by atoms with Gasteiger partial charge in [0.1, 0.15) is 11.5 Å². The molecule has 7 nitrogen and oxygen atoms in total. The number of nitrogens with one attached hydrogen (secondary N) is 1. The maximum Gasteiger partial charge on any atom is 0.329 e. The van der Waals surface area contributed by atoms with Crippen LogP contribution >= 0.6 is 0 Å². The van der Waals surface area contributed by atoms with Crippen molar-refractivity contribution in [2.75, 3.05) is 7.05 Å². The van der Waals surface area contributed by atoms with Crippen LogP contribution in [-0.4, -0.2) is 35.6 Å². The summed E-state index contributed by atoms with van der Waals surface area (Å²) in [7, 11) is 1.58. The molecule has 146 valence electrons. The summed E-state index contributed by atoms with van der Waals surface area (Å²) in [5, 5.41) is 2.23. The van der Waals surface area contributed by atoms with E-state index in [2.05, 4.69) is 22.2 Å². The second-order valence-electron chi connectivity index (χ2n) is 6.42. The molecular formula is C21H24N4O3. The molecule has 0 unspecified atom stereocenters. The van der Waals surface area contributed by atoms with Crippen LogP contribution < -0.4 is 11.1 Å². The third kappa shape index (κ3) is 6.40. The fraction of sp³-hybridized carbons (Fsp3) is 0.333. The van der Waals surface area contributed by atoms with E-state index in [-0.39, 0.29) is 0 Å². The van der Waals surface area contributed by atoms with Gasteiger partial charge in [-0.15, -0.1) is 0 Å². The minimum atomic E-state index is -0.497. The van der Waals surface area contributed by atoms with E-state index < -0.39 is 17.8 Å². The second-order valence-corrected chi connectivity index (χ2v) is 6.42. The predicted octanol–water partition coefficient (Wildman–Crippen LogP) is 2.38. The van der Waals surface area contributed by atoms with Gasteiger partial charge in [-0.25, -0.2) is 9.79 Å². The molecule has 0 radical (unpaired) electrons. The quantitative estimate of drug-likeness (QED) is 0.619. The lowest BCUT2D eigenvalue weighted by atomic mass is 10.1. The molecule has 0 fully saturated rings. The van der Waals surface area contributed by atoms with Gasteiger partial charge in [-0.2, -0.15) is 0 Å². The highest BCUT2D eigenvalue weighted by molar-refractivity contribution is 6.03. The van der Waals surface area contributed by atoms with Crippen LogP contribution in [-0.2, 0) is 11.2 Å². The molecule has 2 rings (SSSR count). The van der Waals surface area contributed by atoms with Crippen LogP contribution in [0.3, 0.4) is 0 Å². The number of hydrogen-bond acceptors (Lipinski definition) is 4. The first-order chi connectivity index (χ1) is 13.4. The van der Waals surface area contributed by atoms with Crippen molar-refractivity contribution in [1.29, 1.82) is 0 Å². The molecular weight excluding hydrogens is 356 g/mol. The standard InChI is InChI=1S/C21H24N4O3/c1-15(26)23-21(28)25(2)19-10-6-9-18(24-19)8-5-3-4-7-16-11-13-17(14-12-16)20(22)27/h9,11-14H,3-4,6-7,10H2,1-2H3,(H2,22,27)(H,23,26,28). The lowest BCUT2D eigenvalue weighted by Gasteiger charge is -2.20. The van der Waals surface area contributed by atoms with Crippen molar-refractivity contribution in [3.05, 3.63) is 47.2 Å². The van der Waals surface area contributed by atoms with Crippen LogP contribution in [0.4, 0.5) is 4.79 Å². The number of nitrogens with zero attached hydrogens (tertiary/aromatic N) is 2. The Bertz CT molecular complexity index is 873. The van der Waals surface area contributed by atoms with Crippen molar-refractivity contribution in [2.45, 2.75) is 39.0 Å². The van der Waals surface area contributed by atoms with E-state index in [1.165, 1.54) is 11.8 Å². The van der Waals surface area contributed by atoms with Gasteiger partial charge in [0.25, 0.3) is 0 Å². The zero-order valence-electron chi connectivity index (χ0n) is 16.1. The van der Waals surface area contributed by atoms with Crippen molar-refractivity contribution < 1.29 is 14.4 Å². The molecule has 3 N–H and O–H groups in total. The number of allylic oxidation sites excluding steroid dienone is 2. The summed E-state index contributed by atoms with van der Waals surface area (Å²) in [5.41, 5.74) is 7.49. The molecule has 1 aromatic rings. The zero-order chi connectivity index (χ0) is 20.5. The Kier molecular flexibility index (Phi) is 7.52. The Morgan fingerprint density at radius 2 is 1.96 bits per heavy atom. The highest BCUT2D eigenvalue weighted by atomic mass is 16.2. The van der Waals surface area contributed by atoms with E-state index in [0.29, 0.717) is 29.9 Å². The highest BCUT2D eigenvalue weighted by Crippen LogP contribution is 2.13. The summed E-state index contributed by atoms with van der Waals surface area (Å²) < 4.78 is 0.